The van der Waals surface area contributed by atoms with Crippen LogP contribution in [0.2, 0.25) is 5.02 Å². The van der Waals surface area contributed by atoms with Crippen LogP contribution in [0, 0.1) is 0 Å². The van der Waals surface area contributed by atoms with Crippen LogP contribution in [0.3, 0.4) is 0 Å². The third-order valence-corrected chi connectivity index (χ3v) is 7.13. The summed E-state index contributed by atoms with van der Waals surface area (Å²) in [4.78, 5) is 24.0. The first-order valence-electron chi connectivity index (χ1n) is 9.19. The number of ether oxygens (including phenoxy) is 1. The maximum absolute atomic E-state index is 13.2. The zero-order chi connectivity index (χ0) is 22.4. The molecule has 0 unspecified atom stereocenters. The van der Waals surface area contributed by atoms with E-state index in [-0.39, 0.29) is 22.2 Å². The molecule has 0 aliphatic heterocycles. The van der Waals surface area contributed by atoms with Gasteiger partial charge in [0.1, 0.15) is 0 Å². The van der Waals surface area contributed by atoms with Gasteiger partial charge in [-0.05, 0) is 48.7 Å². The van der Waals surface area contributed by atoms with Gasteiger partial charge in [-0.3, -0.25) is 9.10 Å². The predicted molar refractivity (Wildman–Crippen MR) is 121 cm³/mol. The van der Waals surface area contributed by atoms with E-state index in [9.17, 15) is 18.0 Å². The normalized spacial score (nSPS) is 11.0. The molecule has 1 aromatic heterocycles. The number of nitrogens with zero attached hydrogens (tertiary/aromatic N) is 1. The highest BCUT2D eigenvalue weighted by molar-refractivity contribution is 7.92. The van der Waals surface area contributed by atoms with Crippen LogP contribution < -0.4 is 9.62 Å². The van der Waals surface area contributed by atoms with Gasteiger partial charge in [0.25, 0.3) is 15.9 Å². The Hall–Kier alpha value is -2.88. The number of thiophene rings is 1. The Balaban J connectivity index is 1.76. The molecule has 2 aromatic carbocycles. The molecule has 0 saturated carbocycles. The second kappa shape index (κ2) is 9.95. The van der Waals surface area contributed by atoms with Crippen molar-refractivity contribution in [2.75, 3.05) is 22.8 Å². The molecule has 162 valence electrons. The van der Waals surface area contributed by atoms with Gasteiger partial charge in [0, 0.05) is 11.9 Å². The molecule has 0 saturated heterocycles. The van der Waals surface area contributed by atoms with E-state index in [0.717, 1.165) is 0 Å². The van der Waals surface area contributed by atoms with Gasteiger partial charge in [0.05, 0.1) is 26.9 Å². The summed E-state index contributed by atoms with van der Waals surface area (Å²) >= 11 is 7.47. The second-order valence-electron chi connectivity index (χ2n) is 6.28. The summed E-state index contributed by atoms with van der Waals surface area (Å²) in [6.07, 6.45) is 0. The Morgan fingerprint density at radius 2 is 1.87 bits per heavy atom. The van der Waals surface area contributed by atoms with Gasteiger partial charge < -0.3 is 10.1 Å². The molecule has 0 aliphatic carbocycles. The number of halogens is 1. The lowest BCUT2D eigenvalue weighted by atomic mass is 10.3. The minimum atomic E-state index is -3.90. The molecule has 1 amide bonds. The van der Waals surface area contributed by atoms with Crippen LogP contribution in [0.15, 0.2) is 70.3 Å². The lowest BCUT2D eigenvalue weighted by molar-refractivity contribution is -0.119. The molecule has 0 bridgehead atoms. The van der Waals surface area contributed by atoms with Crippen molar-refractivity contribution in [1.29, 1.82) is 0 Å². The number of hydrogen-bond donors (Lipinski definition) is 1. The smallest absolute Gasteiger partial charge is 0.339 e. The molecule has 1 N–H and O–H groups in total. The molecule has 0 atom stereocenters. The van der Waals surface area contributed by atoms with Crippen LogP contribution >= 0.6 is 22.9 Å². The van der Waals surface area contributed by atoms with E-state index in [2.05, 4.69) is 5.32 Å². The number of amides is 1. The van der Waals surface area contributed by atoms with Crippen molar-refractivity contribution in [3.8, 4) is 0 Å². The summed E-state index contributed by atoms with van der Waals surface area (Å²) in [5, 5.41) is 5.97. The van der Waals surface area contributed by atoms with Gasteiger partial charge in [-0.15, -0.1) is 0 Å². The van der Waals surface area contributed by atoms with Crippen molar-refractivity contribution in [3.05, 3.63) is 75.9 Å². The standard InChI is InChI=1S/C21H19ClN2O5S2/c1-2-24(16-6-4-3-5-7-16)31(27,28)17-8-9-18(22)19(12-17)23-20(25)13-29-21(26)15-10-11-30-14-15/h3-12,14H,2,13H2,1H3,(H,23,25). The zero-order valence-electron chi connectivity index (χ0n) is 16.4. The SMILES string of the molecule is CCN(c1ccccc1)S(=O)(=O)c1ccc(Cl)c(NC(=O)COC(=O)c2ccsc2)c1. The van der Waals surface area contributed by atoms with Crippen LogP contribution in [0.1, 0.15) is 17.3 Å². The Morgan fingerprint density at radius 1 is 1.13 bits per heavy atom. The molecule has 0 aliphatic rings. The average molecular weight is 479 g/mol. The Morgan fingerprint density at radius 3 is 2.52 bits per heavy atom. The van der Waals surface area contributed by atoms with Gasteiger partial charge in [0.2, 0.25) is 0 Å². The molecular weight excluding hydrogens is 460 g/mol. The highest BCUT2D eigenvalue weighted by Gasteiger charge is 2.24. The summed E-state index contributed by atoms with van der Waals surface area (Å²) in [5.74, 6) is -1.27. The van der Waals surface area contributed by atoms with Crippen molar-refractivity contribution in [2.45, 2.75) is 11.8 Å². The fourth-order valence-corrected chi connectivity index (χ4v) is 5.05. The fraction of sp³-hybridized carbons (Fsp3) is 0.143. The van der Waals surface area contributed by atoms with Gasteiger partial charge in [-0.2, -0.15) is 11.3 Å². The number of anilines is 2. The first kappa shape index (κ1) is 22.8. The predicted octanol–water partition coefficient (Wildman–Crippen LogP) is 4.41. The monoisotopic (exact) mass is 478 g/mol. The van der Waals surface area contributed by atoms with Gasteiger partial charge in [-0.25, -0.2) is 13.2 Å². The summed E-state index contributed by atoms with van der Waals surface area (Å²) in [7, 11) is -3.90. The number of sulfonamides is 1. The molecule has 7 nitrogen and oxygen atoms in total. The molecular formula is C21H19ClN2O5S2. The number of hydrogen-bond acceptors (Lipinski definition) is 6. The number of para-hydroxylation sites is 1. The van der Waals surface area contributed by atoms with Crippen LogP contribution in [0.25, 0.3) is 0 Å². The average Bonchev–Trinajstić information content (AvgIpc) is 3.29. The molecule has 1 heterocycles. The molecule has 3 aromatic rings. The van der Waals surface area contributed by atoms with E-state index in [4.69, 9.17) is 16.3 Å². The van der Waals surface area contributed by atoms with Crippen LogP contribution in [0.5, 0.6) is 0 Å². The topological polar surface area (TPSA) is 92.8 Å². The summed E-state index contributed by atoms with van der Waals surface area (Å²) in [6, 6.07) is 14.3. The summed E-state index contributed by atoms with van der Waals surface area (Å²) in [5.41, 5.74) is 0.971. The van der Waals surface area contributed by atoms with E-state index in [0.29, 0.717) is 11.3 Å². The summed E-state index contributed by atoms with van der Waals surface area (Å²) in [6.45, 7) is 1.41. The van der Waals surface area contributed by atoms with E-state index >= 15 is 0 Å². The molecule has 3 rings (SSSR count). The maximum Gasteiger partial charge on any atom is 0.339 e. The van der Waals surface area contributed by atoms with Crippen molar-refractivity contribution < 1.29 is 22.7 Å². The van der Waals surface area contributed by atoms with Crippen molar-refractivity contribution in [3.63, 3.8) is 0 Å². The Labute approximate surface area is 189 Å². The number of carbonyl (C=O) groups excluding carboxylic acids is 2. The van der Waals surface area contributed by atoms with Crippen molar-refractivity contribution in [1.82, 2.24) is 0 Å². The Kier molecular flexibility index (Phi) is 7.32. The lowest BCUT2D eigenvalue weighted by Crippen LogP contribution is -2.30. The fourth-order valence-electron chi connectivity index (χ4n) is 2.75. The van der Waals surface area contributed by atoms with Gasteiger partial charge in [-0.1, -0.05) is 29.8 Å². The van der Waals surface area contributed by atoms with E-state index in [1.807, 2.05) is 0 Å². The highest BCUT2D eigenvalue weighted by Crippen LogP contribution is 2.29. The number of esters is 1. The Bertz CT molecular complexity index is 1170. The van der Waals surface area contributed by atoms with Gasteiger partial charge in [0.15, 0.2) is 6.61 Å². The number of nitrogens with one attached hydrogen (secondary N) is 1. The number of rotatable bonds is 8. The third kappa shape index (κ3) is 5.43. The zero-order valence-corrected chi connectivity index (χ0v) is 18.8. The first-order chi connectivity index (χ1) is 14.8. The lowest BCUT2D eigenvalue weighted by Gasteiger charge is -2.23. The molecule has 10 heteroatoms. The van der Waals surface area contributed by atoms with E-state index in [1.165, 1.54) is 33.8 Å². The summed E-state index contributed by atoms with van der Waals surface area (Å²) < 4.78 is 32.5. The third-order valence-electron chi connectivity index (χ3n) is 4.22. The van der Waals surface area contributed by atoms with Crippen LogP contribution in [0.4, 0.5) is 11.4 Å². The molecule has 0 fully saturated rings. The minimum Gasteiger partial charge on any atom is -0.452 e. The highest BCUT2D eigenvalue weighted by atomic mass is 35.5. The minimum absolute atomic E-state index is 0.0341. The molecule has 31 heavy (non-hydrogen) atoms. The molecule has 0 radical (unpaired) electrons. The van der Waals surface area contributed by atoms with Crippen molar-refractivity contribution >= 4 is 56.2 Å². The van der Waals surface area contributed by atoms with E-state index < -0.39 is 28.5 Å². The number of carbonyl (C=O) groups is 2. The first-order valence-corrected chi connectivity index (χ1v) is 12.0. The largest absolute Gasteiger partial charge is 0.452 e. The number of benzene rings is 2. The van der Waals surface area contributed by atoms with Crippen LogP contribution in [-0.2, 0) is 19.6 Å². The van der Waals surface area contributed by atoms with Crippen molar-refractivity contribution in [2.24, 2.45) is 0 Å². The quantitative estimate of drug-likeness (QED) is 0.484. The maximum atomic E-state index is 13.2. The second-order valence-corrected chi connectivity index (χ2v) is 9.33. The van der Waals surface area contributed by atoms with E-state index in [1.54, 1.807) is 54.1 Å². The van der Waals surface area contributed by atoms with Crippen LogP contribution in [-0.4, -0.2) is 33.4 Å². The van der Waals surface area contributed by atoms with Gasteiger partial charge >= 0.3 is 5.97 Å². The molecule has 0 spiro atoms.